The van der Waals surface area contributed by atoms with E-state index in [1.807, 2.05) is 0 Å². The van der Waals surface area contributed by atoms with Gasteiger partial charge in [-0.05, 0) is 51.5 Å². The Kier molecular flexibility index (Phi) is 6.35. The SMILES string of the molecule is CCCCCCC(C)(CN)N1CCCC2CCCCC21. The summed E-state index contributed by atoms with van der Waals surface area (Å²) in [4.78, 5) is 2.84. The van der Waals surface area contributed by atoms with Crippen molar-refractivity contribution in [1.29, 1.82) is 0 Å². The number of rotatable bonds is 7. The van der Waals surface area contributed by atoms with Crippen molar-refractivity contribution in [2.45, 2.75) is 96.1 Å². The molecule has 2 rings (SSSR count). The lowest BCUT2D eigenvalue weighted by molar-refractivity contribution is -0.0221. The van der Waals surface area contributed by atoms with Gasteiger partial charge in [-0.3, -0.25) is 4.90 Å². The number of fused-ring (bicyclic) bond motifs is 1. The molecule has 0 amide bonds. The Morgan fingerprint density at radius 1 is 1.05 bits per heavy atom. The van der Waals surface area contributed by atoms with Crippen LogP contribution in [-0.4, -0.2) is 29.6 Å². The van der Waals surface area contributed by atoms with Gasteiger partial charge in [-0.25, -0.2) is 0 Å². The first-order chi connectivity index (χ1) is 9.71. The van der Waals surface area contributed by atoms with Gasteiger partial charge in [0.05, 0.1) is 0 Å². The van der Waals surface area contributed by atoms with Crippen LogP contribution >= 0.6 is 0 Å². The summed E-state index contributed by atoms with van der Waals surface area (Å²) in [6, 6.07) is 0.845. The zero-order chi connectivity index (χ0) is 14.4. The van der Waals surface area contributed by atoms with Crippen molar-refractivity contribution in [3.05, 3.63) is 0 Å². The highest BCUT2D eigenvalue weighted by molar-refractivity contribution is 4.97. The lowest BCUT2D eigenvalue weighted by atomic mass is 9.75. The summed E-state index contributed by atoms with van der Waals surface area (Å²) in [6.45, 7) is 6.86. The first-order valence-electron chi connectivity index (χ1n) is 9.18. The second-order valence-corrected chi connectivity index (χ2v) is 7.46. The van der Waals surface area contributed by atoms with Crippen molar-refractivity contribution < 1.29 is 0 Å². The van der Waals surface area contributed by atoms with E-state index in [0.29, 0.717) is 0 Å². The highest BCUT2D eigenvalue weighted by Gasteiger charge is 2.41. The van der Waals surface area contributed by atoms with Crippen LogP contribution in [0.25, 0.3) is 0 Å². The highest BCUT2D eigenvalue weighted by atomic mass is 15.2. The fourth-order valence-electron chi connectivity index (χ4n) is 4.59. The first-order valence-corrected chi connectivity index (χ1v) is 9.18. The third kappa shape index (κ3) is 3.76. The Balaban J connectivity index is 1.96. The van der Waals surface area contributed by atoms with Gasteiger partial charge in [0.2, 0.25) is 0 Å². The molecule has 3 unspecified atom stereocenters. The van der Waals surface area contributed by atoms with Crippen LogP contribution in [0.5, 0.6) is 0 Å². The van der Waals surface area contributed by atoms with Gasteiger partial charge in [0.15, 0.2) is 0 Å². The molecule has 0 spiro atoms. The van der Waals surface area contributed by atoms with E-state index in [1.54, 1.807) is 0 Å². The summed E-state index contributed by atoms with van der Waals surface area (Å²) in [5.41, 5.74) is 6.49. The van der Waals surface area contributed by atoms with Gasteiger partial charge in [0.1, 0.15) is 0 Å². The molecule has 1 heterocycles. The van der Waals surface area contributed by atoms with Gasteiger partial charge in [-0.15, -0.1) is 0 Å². The Bertz CT molecular complexity index is 277. The van der Waals surface area contributed by atoms with Gasteiger partial charge in [-0.1, -0.05) is 45.4 Å². The lowest BCUT2D eigenvalue weighted by Gasteiger charge is -2.52. The smallest absolute Gasteiger partial charge is 0.0306 e. The Morgan fingerprint density at radius 2 is 1.80 bits per heavy atom. The zero-order valence-electron chi connectivity index (χ0n) is 13.9. The van der Waals surface area contributed by atoms with Crippen molar-refractivity contribution >= 4 is 0 Å². The molecule has 2 N–H and O–H groups in total. The topological polar surface area (TPSA) is 29.3 Å². The standard InChI is InChI=1S/C18H36N2/c1-3-4-5-8-13-18(2,15-19)20-14-9-11-16-10-6-7-12-17(16)20/h16-17H,3-15,19H2,1-2H3. The molecule has 0 bridgehead atoms. The first kappa shape index (κ1) is 16.3. The number of hydrogen-bond donors (Lipinski definition) is 1. The van der Waals surface area contributed by atoms with E-state index in [0.717, 1.165) is 18.5 Å². The molecule has 2 fully saturated rings. The van der Waals surface area contributed by atoms with E-state index < -0.39 is 0 Å². The summed E-state index contributed by atoms with van der Waals surface area (Å²) in [5, 5.41) is 0. The maximum absolute atomic E-state index is 6.23. The Morgan fingerprint density at radius 3 is 2.55 bits per heavy atom. The van der Waals surface area contributed by atoms with E-state index in [9.17, 15) is 0 Å². The van der Waals surface area contributed by atoms with Crippen molar-refractivity contribution in [3.8, 4) is 0 Å². The van der Waals surface area contributed by atoms with E-state index in [-0.39, 0.29) is 5.54 Å². The molecule has 1 saturated carbocycles. The van der Waals surface area contributed by atoms with Crippen LogP contribution in [0.3, 0.4) is 0 Å². The number of unbranched alkanes of at least 4 members (excludes halogenated alkanes) is 3. The van der Waals surface area contributed by atoms with E-state index in [1.165, 1.54) is 77.2 Å². The van der Waals surface area contributed by atoms with E-state index >= 15 is 0 Å². The molecule has 118 valence electrons. The van der Waals surface area contributed by atoms with Crippen molar-refractivity contribution in [3.63, 3.8) is 0 Å². The number of hydrogen-bond acceptors (Lipinski definition) is 2. The van der Waals surface area contributed by atoms with Crippen LogP contribution in [-0.2, 0) is 0 Å². The van der Waals surface area contributed by atoms with E-state index in [4.69, 9.17) is 5.73 Å². The monoisotopic (exact) mass is 280 g/mol. The molecule has 0 aromatic carbocycles. The summed E-state index contributed by atoms with van der Waals surface area (Å²) in [6.07, 6.45) is 15.4. The number of likely N-dealkylation sites (tertiary alicyclic amines) is 1. The molecule has 3 atom stereocenters. The van der Waals surface area contributed by atoms with Crippen molar-refractivity contribution in [1.82, 2.24) is 4.90 Å². The number of nitrogens with two attached hydrogens (primary N) is 1. The predicted molar refractivity (Wildman–Crippen MR) is 87.9 cm³/mol. The van der Waals surface area contributed by atoms with Crippen LogP contribution in [0, 0.1) is 5.92 Å². The summed E-state index contributed by atoms with van der Waals surface area (Å²) < 4.78 is 0. The normalized spacial score (nSPS) is 30.8. The molecule has 0 aromatic heterocycles. The summed E-state index contributed by atoms with van der Waals surface area (Å²) in [7, 11) is 0. The third-order valence-electron chi connectivity index (χ3n) is 5.95. The average molecular weight is 280 g/mol. The molecule has 1 aliphatic heterocycles. The molecule has 1 saturated heterocycles. The Hall–Kier alpha value is -0.0800. The van der Waals surface area contributed by atoms with Crippen LogP contribution in [0.4, 0.5) is 0 Å². The van der Waals surface area contributed by atoms with Gasteiger partial charge < -0.3 is 5.73 Å². The van der Waals surface area contributed by atoms with Crippen molar-refractivity contribution in [2.24, 2.45) is 11.7 Å². The van der Waals surface area contributed by atoms with E-state index in [2.05, 4.69) is 18.7 Å². The largest absolute Gasteiger partial charge is 0.329 e. The molecule has 0 radical (unpaired) electrons. The van der Waals surface area contributed by atoms with Gasteiger partial charge in [0.25, 0.3) is 0 Å². The zero-order valence-corrected chi connectivity index (χ0v) is 13.9. The minimum atomic E-state index is 0.258. The van der Waals surface area contributed by atoms with Crippen molar-refractivity contribution in [2.75, 3.05) is 13.1 Å². The van der Waals surface area contributed by atoms with Crippen LogP contribution in [0.15, 0.2) is 0 Å². The van der Waals surface area contributed by atoms with Crippen LogP contribution < -0.4 is 5.73 Å². The minimum Gasteiger partial charge on any atom is -0.329 e. The average Bonchev–Trinajstić information content (AvgIpc) is 2.51. The lowest BCUT2D eigenvalue weighted by Crippen LogP contribution is -2.60. The third-order valence-corrected chi connectivity index (χ3v) is 5.95. The molecule has 2 aliphatic rings. The molecule has 0 aromatic rings. The summed E-state index contributed by atoms with van der Waals surface area (Å²) >= 11 is 0. The number of piperidine rings is 1. The molecule has 2 nitrogen and oxygen atoms in total. The number of nitrogens with zero attached hydrogens (tertiary/aromatic N) is 1. The van der Waals surface area contributed by atoms with Crippen LogP contribution in [0.2, 0.25) is 0 Å². The fourth-order valence-corrected chi connectivity index (χ4v) is 4.59. The predicted octanol–water partition coefficient (Wildman–Crippen LogP) is 4.33. The summed E-state index contributed by atoms with van der Waals surface area (Å²) in [5.74, 6) is 0.971. The van der Waals surface area contributed by atoms with Gasteiger partial charge in [-0.2, -0.15) is 0 Å². The van der Waals surface area contributed by atoms with Crippen LogP contribution in [0.1, 0.15) is 84.5 Å². The quantitative estimate of drug-likeness (QED) is 0.703. The Labute approximate surface area is 126 Å². The molecular formula is C18H36N2. The maximum atomic E-state index is 6.23. The molecule has 2 heteroatoms. The van der Waals surface area contributed by atoms with Gasteiger partial charge in [0, 0.05) is 18.1 Å². The molecule has 20 heavy (non-hydrogen) atoms. The second kappa shape index (κ2) is 7.79. The second-order valence-electron chi connectivity index (χ2n) is 7.46. The fraction of sp³-hybridized carbons (Fsp3) is 1.00. The molecule has 1 aliphatic carbocycles. The highest BCUT2D eigenvalue weighted by Crippen LogP contribution is 2.39. The van der Waals surface area contributed by atoms with Gasteiger partial charge >= 0.3 is 0 Å². The minimum absolute atomic E-state index is 0.258. The molecular weight excluding hydrogens is 244 g/mol. The maximum Gasteiger partial charge on any atom is 0.0306 e.